The fourth-order valence-electron chi connectivity index (χ4n) is 1.57. The Kier molecular flexibility index (Phi) is 6.13. The topological polar surface area (TPSA) is 53.2 Å². The lowest BCUT2D eigenvalue weighted by Crippen LogP contribution is -1.99. The van der Waals surface area contributed by atoms with Crippen LogP contribution in [0, 0.1) is 18.3 Å². The molecule has 92 valence electrons. The van der Waals surface area contributed by atoms with Gasteiger partial charge in [-0.3, -0.25) is 0 Å². The van der Waals surface area contributed by atoms with E-state index in [9.17, 15) is 0 Å². The third-order valence-corrected chi connectivity index (χ3v) is 2.63. The smallest absolute Gasteiger partial charge is 0.123 e. The summed E-state index contributed by atoms with van der Waals surface area (Å²) >= 11 is 0. The number of unbranched alkanes of at least 4 members (excludes halogenated alkanes) is 3. The molecule has 0 saturated heterocycles. The number of nitrogens with zero attached hydrogens (tertiary/aromatic N) is 1. The first-order chi connectivity index (χ1) is 8.27. The maximum atomic E-state index is 8.79. The molecule has 3 heteroatoms. The minimum absolute atomic E-state index is 0.268. The number of rotatable bonds is 7. The number of benzene rings is 1. The van der Waals surface area contributed by atoms with Crippen LogP contribution in [0.25, 0.3) is 0 Å². The van der Waals surface area contributed by atoms with Crippen LogP contribution in [0.1, 0.15) is 36.8 Å². The summed E-state index contributed by atoms with van der Waals surface area (Å²) in [5, 5.41) is 17.4. The largest absolute Gasteiger partial charge is 0.493 e. The summed E-state index contributed by atoms with van der Waals surface area (Å²) in [6.45, 7) is 2.91. The van der Waals surface area contributed by atoms with Crippen LogP contribution < -0.4 is 4.74 Å². The van der Waals surface area contributed by atoms with Gasteiger partial charge in [0.1, 0.15) is 5.75 Å². The van der Waals surface area contributed by atoms with Crippen molar-refractivity contribution in [2.24, 2.45) is 0 Å². The van der Waals surface area contributed by atoms with Gasteiger partial charge in [-0.1, -0.05) is 12.5 Å². The average molecular weight is 233 g/mol. The second-order valence-corrected chi connectivity index (χ2v) is 4.08. The Morgan fingerprint density at radius 3 is 2.71 bits per heavy atom. The second-order valence-electron chi connectivity index (χ2n) is 4.08. The van der Waals surface area contributed by atoms with Crippen LogP contribution in [0.3, 0.4) is 0 Å². The standard InChI is InChI=1S/C14H19NO2/c1-12-6-7-13(11-15)10-14(12)17-9-5-3-2-4-8-16/h6-7,10,16H,2-5,8-9H2,1H3. The van der Waals surface area contributed by atoms with Crippen molar-refractivity contribution in [3.63, 3.8) is 0 Å². The Morgan fingerprint density at radius 2 is 2.00 bits per heavy atom. The number of hydrogen-bond acceptors (Lipinski definition) is 3. The maximum absolute atomic E-state index is 8.79. The molecule has 1 aromatic rings. The highest BCUT2D eigenvalue weighted by Crippen LogP contribution is 2.19. The van der Waals surface area contributed by atoms with Crippen LogP contribution in [0.5, 0.6) is 5.75 Å². The Hall–Kier alpha value is -1.53. The van der Waals surface area contributed by atoms with Gasteiger partial charge in [0.15, 0.2) is 0 Å². The van der Waals surface area contributed by atoms with Crippen molar-refractivity contribution >= 4 is 0 Å². The molecule has 0 radical (unpaired) electrons. The molecule has 0 heterocycles. The quantitative estimate of drug-likeness (QED) is 0.737. The Morgan fingerprint density at radius 1 is 1.24 bits per heavy atom. The zero-order chi connectivity index (χ0) is 12.5. The molecule has 0 unspecified atom stereocenters. The predicted molar refractivity (Wildman–Crippen MR) is 66.9 cm³/mol. The summed E-state index contributed by atoms with van der Waals surface area (Å²) in [6, 6.07) is 7.58. The molecule has 0 fully saturated rings. The highest BCUT2D eigenvalue weighted by molar-refractivity contribution is 5.41. The third kappa shape index (κ3) is 4.88. The highest BCUT2D eigenvalue weighted by atomic mass is 16.5. The van der Waals surface area contributed by atoms with Gasteiger partial charge in [0.2, 0.25) is 0 Å². The molecule has 3 nitrogen and oxygen atoms in total. The summed E-state index contributed by atoms with van der Waals surface area (Å²) in [5.74, 6) is 0.797. The van der Waals surface area contributed by atoms with Gasteiger partial charge in [-0.2, -0.15) is 5.26 Å². The Labute approximate surface area is 103 Å². The fourth-order valence-corrected chi connectivity index (χ4v) is 1.57. The molecule has 0 aliphatic heterocycles. The number of hydrogen-bond donors (Lipinski definition) is 1. The summed E-state index contributed by atoms with van der Waals surface area (Å²) in [7, 11) is 0. The molecule has 0 amide bonds. The van der Waals surface area contributed by atoms with Crippen molar-refractivity contribution in [1.29, 1.82) is 5.26 Å². The van der Waals surface area contributed by atoms with Crippen molar-refractivity contribution in [3.05, 3.63) is 29.3 Å². The van der Waals surface area contributed by atoms with Gasteiger partial charge < -0.3 is 9.84 Å². The predicted octanol–water partition coefficient (Wildman–Crippen LogP) is 2.80. The van der Waals surface area contributed by atoms with Crippen LogP contribution in [0.15, 0.2) is 18.2 Å². The first-order valence-corrected chi connectivity index (χ1v) is 6.02. The van der Waals surface area contributed by atoms with Crippen molar-refractivity contribution in [1.82, 2.24) is 0 Å². The molecule has 0 aliphatic rings. The zero-order valence-corrected chi connectivity index (χ0v) is 10.3. The number of nitriles is 1. The van der Waals surface area contributed by atoms with Crippen LogP contribution in [-0.4, -0.2) is 18.3 Å². The monoisotopic (exact) mass is 233 g/mol. The van der Waals surface area contributed by atoms with E-state index < -0.39 is 0 Å². The second kappa shape index (κ2) is 7.70. The minimum Gasteiger partial charge on any atom is -0.493 e. The van der Waals surface area contributed by atoms with Crippen molar-refractivity contribution in [2.45, 2.75) is 32.6 Å². The highest BCUT2D eigenvalue weighted by Gasteiger charge is 2.01. The van der Waals surface area contributed by atoms with Gasteiger partial charge in [-0.05, 0) is 43.9 Å². The van der Waals surface area contributed by atoms with Gasteiger partial charge in [0.25, 0.3) is 0 Å². The number of aliphatic hydroxyl groups excluding tert-OH is 1. The molecule has 17 heavy (non-hydrogen) atoms. The summed E-state index contributed by atoms with van der Waals surface area (Å²) in [6.07, 6.45) is 3.95. The molecule has 0 aromatic heterocycles. The number of aryl methyl sites for hydroxylation is 1. The normalized spacial score (nSPS) is 9.94. The van der Waals surface area contributed by atoms with Gasteiger partial charge in [-0.25, -0.2) is 0 Å². The van der Waals surface area contributed by atoms with Crippen LogP contribution in [-0.2, 0) is 0 Å². The summed E-state index contributed by atoms with van der Waals surface area (Å²) in [5.41, 5.74) is 1.69. The molecule has 0 spiro atoms. The van der Waals surface area contributed by atoms with Gasteiger partial charge in [0.05, 0.1) is 18.2 Å². The lowest BCUT2D eigenvalue weighted by Gasteiger charge is -2.09. The van der Waals surface area contributed by atoms with Crippen molar-refractivity contribution < 1.29 is 9.84 Å². The van der Waals surface area contributed by atoms with Gasteiger partial charge in [0, 0.05) is 6.61 Å². The molecule has 1 rings (SSSR count). The van der Waals surface area contributed by atoms with Crippen molar-refractivity contribution in [2.75, 3.05) is 13.2 Å². The molecule has 0 atom stereocenters. The molecule has 0 saturated carbocycles. The van der Waals surface area contributed by atoms with E-state index in [1.807, 2.05) is 13.0 Å². The molecule has 1 N–H and O–H groups in total. The number of ether oxygens (including phenoxy) is 1. The van der Waals surface area contributed by atoms with E-state index >= 15 is 0 Å². The van der Waals surface area contributed by atoms with Gasteiger partial charge in [-0.15, -0.1) is 0 Å². The lowest BCUT2D eigenvalue weighted by atomic mass is 10.1. The summed E-state index contributed by atoms with van der Waals surface area (Å²) < 4.78 is 5.65. The van der Waals surface area contributed by atoms with E-state index in [-0.39, 0.29) is 6.61 Å². The third-order valence-electron chi connectivity index (χ3n) is 2.63. The minimum atomic E-state index is 0.268. The Balaban J connectivity index is 2.33. The van der Waals surface area contributed by atoms with Crippen LogP contribution in [0.4, 0.5) is 0 Å². The maximum Gasteiger partial charge on any atom is 0.123 e. The zero-order valence-electron chi connectivity index (χ0n) is 10.3. The molecular weight excluding hydrogens is 214 g/mol. The summed E-state index contributed by atoms with van der Waals surface area (Å²) in [4.78, 5) is 0. The fraction of sp³-hybridized carbons (Fsp3) is 0.500. The van der Waals surface area contributed by atoms with E-state index in [0.29, 0.717) is 12.2 Å². The van der Waals surface area contributed by atoms with Crippen molar-refractivity contribution in [3.8, 4) is 11.8 Å². The molecular formula is C14H19NO2. The first kappa shape index (κ1) is 13.5. The van der Waals surface area contributed by atoms with Gasteiger partial charge >= 0.3 is 0 Å². The molecule has 0 aliphatic carbocycles. The lowest BCUT2D eigenvalue weighted by molar-refractivity contribution is 0.273. The number of aliphatic hydroxyl groups is 1. The first-order valence-electron chi connectivity index (χ1n) is 6.02. The molecule has 1 aromatic carbocycles. The van der Waals surface area contributed by atoms with E-state index in [0.717, 1.165) is 37.0 Å². The van der Waals surface area contributed by atoms with Crippen LogP contribution in [0.2, 0.25) is 0 Å². The van der Waals surface area contributed by atoms with E-state index in [2.05, 4.69) is 6.07 Å². The van der Waals surface area contributed by atoms with E-state index in [1.54, 1.807) is 12.1 Å². The SMILES string of the molecule is Cc1ccc(C#N)cc1OCCCCCCO. The van der Waals surface area contributed by atoms with E-state index in [4.69, 9.17) is 15.1 Å². The molecule has 0 bridgehead atoms. The Bertz CT molecular complexity index is 382. The van der Waals surface area contributed by atoms with Crippen LogP contribution >= 0.6 is 0 Å². The van der Waals surface area contributed by atoms with E-state index in [1.165, 1.54) is 0 Å². The average Bonchev–Trinajstić information content (AvgIpc) is 2.35.